The van der Waals surface area contributed by atoms with Crippen molar-refractivity contribution in [3.8, 4) is 0 Å². The van der Waals surface area contributed by atoms with Crippen molar-refractivity contribution in [1.82, 2.24) is 15.2 Å². The van der Waals surface area contributed by atoms with Crippen molar-refractivity contribution in [2.24, 2.45) is 0 Å². The third-order valence-corrected chi connectivity index (χ3v) is 4.32. The maximum atomic E-state index is 4.13. The quantitative estimate of drug-likeness (QED) is 0.705. The lowest BCUT2D eigenvalue weighted by atomic mass is 11.0. The zero-order chi connectivity index (χ0) is 7.61. The number of hydrogen-bond acceptors (Lipinski definition) is 2. The summed E-state index contributed by atoms with van der Waals surface area (Å²) in [6.07, 6.45) is 6.03. The van der Waals surface area contributed by atoms with Crippen molar-refractivity contribution in [3.63, 3.8) is 0 Å². The van der Waals surface area contributed by atoms with Crippen LogP contribution in [-0.2, 0) is 0 Å². The first-order valence-electron chi connectivity index (χ1n) is 3.23. The van der Waals surface area contributed by atoms with E-state index in [2.05, 4.69) is 34.6 Å². The summed E-state index contributed by atoms with van der Waals surface area (Å²) in [5, 5.41) is 7.78. The van der Waals surface area contributed by atoms with Crippen LogP contribution in [0.5, 0.6) is 0 Å². The monoisotopic (exact) mass is 159 g/mol. The molecule has 0 aliphatic heterocycles. The van der Waals surface area contributed by atoms with Crippen LogP contribution in [0.1, 0.15) is 6.92 Å². The molecule has 1 aromatic heterocycles. The van der Waals surface area contributed by atoms with Crippen LogP contribution in [-0.4, -0.2) is 33.4 Å². The van der Waals surface area contributed by atoms with Crippen LogP contribution >= 0.6 is 10.0 Å². The molecule has 0 saturated carbocycles. The normalized spacial score (nSPS) is 13.5. The van der Waals surface area contributed by atoms with Crippen LogP contribution < -0.4 is 0 Å². The van der Waals surface area contributed by atoms with E-state index in [0.717, 1.165) is 10.9 Å². The fourth-order valence-electron chi connectivity index (χ4n) is 0.597. The molecule has 0 aromatic carbocycles. The maximum Gasteiger partial charge on any atom is 0.165 e. The molecule has 0 radical (unpaired) electrons. The smallest absolute Gasteiger partial charge is 0.165 e. The predicted octanol–water partition coefficient (Wildman–Crippen LogP) is 1.25. The molecule has 10 heavy (non-hydrogen) atoms. The Kier molecular flexibility index (Phi) is 1.99. The number of rotatable bonds is 2. The van der Waals surface area contributed by atoms with E-state index in [1.54, 1.807) is 6.33 Å². The second-order valence-corrected chi connectivity index (χ2v) is 6.66. The molecule has 1 rings (SSSR count). The summed E-state index contributed by atoms with van der Waals surface area (Å²) in [6, 6.07) is 0. The molecule has 0 fully saturated rings. The highest BCUT2D eigenvalue weighted by molar-refractivity contribution is 8.32. The molecular formula is C6H13N3S. The molecule has 0 atom stereocenters. The second kappa shape index (κ2) is 2.62. The lowest BCUT2D eigenvalue weighted by molar-refractivity contribution is 0.963. The van der Waals surface area contributed by atoms with Gasteiger partial charge in [-0.2, -0.15) is 15.1 Å². The van der Waals surface area contributed by atoms with E-state index in [1.165, 1.54) is 0 Å². The molecule has 3 nitrogen and oxygen atoms in total. The van der Waals surface area contributed by atoms with Gasteiger partial charge in [0.25, 0.3) is 0 Å². The topological polar surface area (TPSA) is 41.6 Å². The van der Waals surface area contributed by atoms with Crippen LogP contribution in [0.25, 0.3) is 0 Å². The summed E-state index contributed by atoms with van der Waals surface area (Å²) in [4.78, 5) is 4.13. The molecule has 0 aliphatic carbocycles. The molecule has 0 amide bonds. The summed E-state index contributed by atoms with van der Waals surface area (Å²) < 4.78 is 0. The van der Waals surface area contributed by atoms with E-state index in [9.17, 15) is 0 Å². The Morgan fingerprint density at radius 1 is 1.60 bits per heavy atom. The van der Waals surface area contributed by atoms with Gasteiger partial charge in [-0.3, -0.25) is 5.10 Å². The minimum atomic E-state index is -0.684. The van der Waals surface area contributed by atoms with Gasteiger partial charge in [0.15, 0.2) is 5.16 Å². The largest absolute Gasteiger partial charge is 0.256 e. The van der Waals surface area contributed by atoms with Gasteiger partial charge in [-0.1, -0.05) is 6.92 Å². The van der Waals surface area contributed by atoms with Crippen molar-refractivity contribution >= 4 is 10.0 Å². The zero-order valence-corrected chi connectivity index (χ0v) is 7.40. The number of aromatic nitrogens is 3. The minimum absolute atomic E-state index is 0.684. The van der Waals surface area contributed by atoms with Crippen molar-refractivity contribution < 1.29 is 0 Å². The number of H-pyrrole nitrogens is 1. The Bertz CT molecular complexity index is 193. The minimum Gasteiger partial charge on any atom is -0.256 e. The molecule has 1 aromatic rings. The molecule has 0 aliphatic rings. The average molecular weight is 159 g/mol. The lowest BCUT2D eigenvalue weighted by Gasteiger charge is -2.25. The summed E-state index contributed by atoms with van der Waals surface area (Å²) in [6.45, 7) is 2.18. The Morgan fingerprint density at radius 3 is 2.70 bits per heavy atom. The molecule has 0 spiro atoms. The van der Waals surface area contributed by atoms with Crippen molar-refractivity contribution in [1.29, 1.82) is 0 Å². The number of nitrogens with one attached hydrogen (secondary N) is 1. The molecule has 0 bridgehead atoms. The highest BCUT2D eigenvalue weighted by Gasteiger charge is 2.14. The number of hydrogen-bond donors (Lipinski definition) is 1. The van der Waals surface area contributed by atoms with Crippen molar-refractivity contribution in [2.75, 3.05) is 18.3 Å². The zero-order valence-electron chi connectivity index (χ0n) is 6.59. The summed E-state index contributed by atoms with van der Waals surface area (Å²) >= 11 is 0. The summed E-state index contributed by atoms with van der Waals surface area (Å²) in [7, 11) is -0.684. The van der Waals surface area contributed by atoms with Gasteiger partial charge in [0.2, 0.25) is 0 Å². The molecule has 0 unspecified atom stereocenters. The summed E-state index contributed by atoms with van der Waals surface area (Å²) in [5.74, 6) is 1.15. The standard InChI is InChI=1S/C6H13N3S/c1-4-10(2,3)6-7-5-8-9-6/h5H,4H2,1-3H3,(H,7,8,9). The van der Waals surface area contributed by atoms with E-state index in [4.69, 9.17) is 0 Å². The van der Waals surface area contributed by atoms with Gasteiger partial charge in [-0.25, -0.2) is 4.98 Å². The Labute approximate surface area is 62.6 Å². The van der Waals surface area contributed by atoms with E-state index >= 15 is 0 Å². The van der Waals surface area contributed by atoms with E-state index in [-0.39, 0.29) is 0 Å². The Hall–Kier alpha value is -0.510. The fourth-order valence-corrected chi connectivity index (χ4v) is 1.50. The van der Waals surface area contributed by atoms with Crippen LogP contribution in [0, 0.1) is 0 Å². The van der Waals surface area contributed by atoms with Gasteiger partial charge >= 0.3 is 0 Å². The first-order valence-corrected chi connectivity index (χ1v) is 5.85. The number of aromatic amines is 1. The fraction of sp³-hybridized carbons (Fsp3) is 0.667. The van der Waals surface area contributed by atoms with Crippen LogP contribution in [0.2, 0.25) is 0 Å². The molecule has 58 valence electrons. The van der Waals surface area contributed by atoms with Crippen molar-refractivity contribution in [2.45, 2.75) is 12.1 Å². The SMILES string of the molecule is CCS(C)(C)c1ncn[nH]1. The first kappa shape index (κ1) is 7.60. The lowest BCUT2D eigenvalue weighted by Crippen LogP contribution is -2.00. The molecule has 0 saturated heterocycles. The predicted molar refractivity (Wildman–Crippen MR) is 44.6 cm³/mol. The molecule has 1 N–H and O–H groups in total. The van der Waals surface area contributed by atoms with E-state index in [1.807, 2.05) is 0 Å². The van der Waals surface area contributed by atoms with Crippen LogP contribution in [0.4, 0.5) is 0 Å². The van der Waals surface area contributed by atoms with E-state index < -0.39 is 10.0 Å². The second-order valence-electron chi connectivity index (χ2n) is 2.62. The number of nitrogens with zero attached hydrogens (tertiary/aromatic N) is 2. The van der Waals surface area contributed by atoms with Gasteiger partial charge in [-0.15, -0.1) is 0 Å². The van der Waals surface area contributed by atoms with E-state index in [0.29, 0.717) is 0 Å². The average Bonchev–Trinajstić information content (AvgIpc) is 2.38. The van der Waals surface area contributed by atoms with Gasteiger partial charge in [0.1, 0.15) is 6.33 Å². The summed E-state index contributed by atoms with van der Waals surface area (Å²) in [5.41, 5.74) is 0. The van der Waals surface area contributed by atoms with Crippen LogP contribution in [0.15, 0.2) is 11.5 Å². The highest BCUT2D eigenvalue weighted by atomic mass is 32.3. The van der Waals surface area contributed by atoms with Gasteiger partial charge in [-0.05, 0) is 18.3 Å². The Morgan fingerprint density at radius 2 is 2.30 bits per heavy atom. The third kappa shape index (κ3) is 1.31. The van der Waals surface area contributed by atoms with Crippen molar-refractivity contribution in [3.05, 3.63) is 6.33 Å². The van der Waals surface area contributed by atoms with Gasteiger partial charge < -0.3 is 0 Å². The highest BCUT2D eigenvalue weighted by Crippen LogP contribution is 2.45. The van der Waals surface area contributed by atoms with Crippen LogP contribution in [0.3, 0.4) is 0 Å². The first-order chi connectivity index (χ1) is 4.67. The van der Waals surface area contributed by atoms with Gasteiger partial charge in [0.05, 0.1) is 0 Å². The molecule has 4 heteroatoms. The van der Waals surface area contributed by atoms with Gasteiger partial charge in [0, 0.05) is 0 Å². The molecular weight excluding hydrogens is 146 g/mol. The molecule has 1 heterocycles. The third-order valence-electron chi connectivity index (χ3n) is 1.64. The maximum absolute atomic E-state index is 4.13. The Balaban J connectivity index is 2.85.